The summed E-state index contributed by atoms with van der Waals surface area (Å²) in [6, 6.07) is 4.91. The van der Waals surface area contributed by atoms with E-state index in [9.17, 15) is 4.79 Å². The number of hydrogen-bond donors (Lipinski definition) is 1. The van der Waals surface area contributed by atoms with Crippen LogP contribution in [-0.4, -0.2) is 23.9 Å². The van der Waals surface area contributed by atoms with Crippen molar-refractivity contribution in [3.63, 3.8) is 0 Å². The van der Waals surface area contributed by atoms with Gasteiger partial charge in [-0.25, -0.2) is 0 Å². The molecular weight excluding hydrogens is 271 g/mol. The first-order valence-corrected chi connectivity index (χ1v) is 6.65. The highest BCUT2D eigenvalue weighted by atomic mass is 35.5. The minimum atomic E-state index is -0.428. The van der Waals surface area contributed by atoms with E-state index in [1.165, 1.54) is 0 Å². The summed E-state index contributed by atoms with van der Waals surface area (Å²) in [6.07, 6.45) is 1.60. The van der Waals surface area contributed by atoms with Crippen LogP contribution in [0.1, 0.15) is 25.3 Å². The second kappa shape index (κ2) is 6.98. The van der Waals surface area contributed by atoms with Crippen molar-refractivity contribution < 1.29 is 4.79 Å². The molecule has 0 saturated carbocycles. The van der Waals surface area contributed by atoms with Crippen molar-refractivity contribution in [3.8, 4) is 0 Å². The van der Waals surface area contributed by atoms with Crippen molar-refractivity contribution in [3.05, 3.63) is 33.8 Å². The predicted molar refractivity (Wildman–Crippen MR) is 75.8 cm³/mol. The summed E-state index contributed by atoms with van der Waals surface area (Å²) in [7, 11) is 1.74. The highest BCUT2D eigenvalue weighted by Gasteiger charge is 2.17. The molecule has 0 aromatic heterocycles. The maximum Gasteiger partial charge on any atom is 0.239 e. The van der Waals surface area contributed by atoms with E-state index in [1.807, 2.05) is 13.0 Å². The number of benzene rings is 1. The van der Waals surface area contributed by atoms with E-state index >= 15 is 0 Å². The van der Waals surface area contributed by atoms with Crippen LogP contribution in [0.3, 0.4) is 0 Å². The zero-order valence-electron chi connectivity index (χ0n) is 10.6. The second-order valence-corrected chi connectivity index (χ2v) is 5.15. The molecule has 0 aliphatic rings. The summed E-state index contributed by atoms with van der Waals surface area (Å²) < 4.78 is 0. The van der Waals surface area contributed by atoms with E-state index in [4.69, 9.17) is 28.9 Å². The molecule has 0 aliphatic carbocycles. The van der Waals surface area contributed by atoms with Gasteiger partial charge in [-0.3, -0.25) is 4.79 Å². The molecule has 0 spiro atoms. The number of carbonyl (C=O) groups is 1. The van der Waals surface area contributed by atoms with Gasteiger partial charge in [-0.2, -0.15) is 0 Å². The fraction of sp³-hybridized carbons (Fsp3) is 0.462. The van der Waals surface area contributed by atoms with Crippen molar-refractivity contribution in [1.82, 2.24) is 4.90 Å². The quantitative estimate of drug-likeness (QED) is 0.905. The maximum atomic E-state index is 11.9. The fourth-order valence-corrected chi connectivity index (χ4v) is 2.03. The van der Waals surface area contributed by atoms with E-state index in [0.29, 0.717) is 23.0 Å². The zero-order chi connectivity index (χ0) is 13.7. The molecule has 3 nitrogen and oxygen atoms in total. The Morgan fingerprint density at radius 3 is 2.61 bits per heavy atom. The Morgan fingerprint density at radius 1 is 1.39 bits per heavy atom. The number of nitrogens with zero attached hydrogens (tertiary/aromatic N) is 1. The summed E-state index contributed by atoms with van der Waals surface area (Å²) in [4.78, 5) is 13.5. The van der Waals surface area contributed by atoms with Crippen LogP contribution in [0, 0.1) is 0 Å². The van der Waals surface area contributed by atoms with E-state index in [0.717, 1.165) is 12.0 Å². The van der Waals surface area contributed by atoms with Crippen LogP contribution in [0.5, 0.6) is 0 Å². The molecule has 1 amide bonds. The molecule has 1 atom stereocenters. The molecule has 0 unspecified atom stereocenters. The summed E-state index contributed by atoms with van der Waals surface area (Å²) >= 11 is 11.8. The first-order valence-electron chi connectivity index (χ1n) is 5.90. The van der Waals surface area contributed by atoms with Gasteiger partial charge in [0.2, 0.25) is 5.91 Å². The third-order valence-corrected chi connectivity index (χ3v) is 3.44. The molecule has 0 aliphatic heterocycles. The zero-order valence-corrected chi connectivity index (χ0v) is 12.1. The van der Waals surface area contributed by atoms with Crippen LogP contribution < -0.4 is 5.73 Å². The van der Waals surface area contributed by atoms with Gasteiger partial charge in [-0.1, -0.05) is 42.6 Å². The fourth-order valence-electron chi connectivity index (χ4n) is 1.71. The predicted octanol–water partition coefficient (Wildman–Crippen LogP) is 3.08. The van der Waals surface area contributed by atoms with Gasteiger partial charge in [0.1, 0.15) is 0 Å². The van der Waals surface area contributed by atoms with E-state index < -0.39 is 6.04 Å². The lowest BCUT2D eigenvalue weighted by Crippen LogP contribution is -2.41. The summed E-state index contributed by atoms with van der Waals surface area (Å²) in [5.41, 5.74) is 6.73. The average Bonchev–Trinajstić information content (AvgIpc) is 2.33. The van der Waals surface area contributed by atoms with Crippen LogP contribution in [0.2, 0.25) is 10.0 Å². The number of nitrogens with two attached hydrogens (primary N) is 1. The van der Waals surface area contributed by atoms with Crippen molar-refractivity contribution in [1.29, 1.82) is 0 Å². The van der Waals surface area contributed by atoms with Gasteiger partial charge in [0.25, 0.3) is 0 Å². The summed E-state index contributed by atoms with van der Waals surface area (Å²) in [5.74, 6) is -0.0528. The Balaban J connectivity index is 2.66. The van der Waals surface area contributed by atoms with Crippen molar-refractivity contribution in [2.45, 2.75) is 32.4 Å². The van der Waals surface area contributed by atoms with Crippen LogP contribution in [0.25, 0.3) is 0 Å². The molecule has 1 rings (SSSR count). The average molecular weight is 289 g/mol. The summed E-state index contributed by atoms with van der Waals surface area (Å²) in [6.45, 7) is 2.49. The minimum Gasteiger partial charge on any atom is -0.340 e. The van der Waals surface area contributed by atoms with Crippen LogP contribution in [0.15, 0.2) is 18.2 Å². The van der Waals surface area contributed by atoms with Gasteiger partial charge >= 0.3 is 0 Å². The van der Waals surface area contributed by atoms with Gasteiger partial charge < -0.3 is 10.6 Å². The van der Waals surface area contributed by atoms with Crippen LogP contribution in [0.4, 0.5) is 0 Å². The second-order valence-electron chi connectivity index (χ2n) is 4.34. The first-order chi connectivity index (χ1) is 8.45. The molecule has 18 heavy (non-hydrogen) atoms. The van der Waals surface area contributed by atoms with Crippen molar-refractivity contribution >= 4 is 29.1 Å². The minimum absolute atomic E-state index is 0.0528. The molecule has 5 heteroatoms. The lowest BCUT2D eigenvalue weighted by atomic mass is 10.1. The Labute approximate surface area is 118 Å². The molecule has 0 bridgehead atoms. The van der Waals surface area contributed by atoms with Crippen LogP contribution in [-0.2, 0) is 11.3 Å². The molecule has 1 aromatic carbocycles. The number of likely N-dealkylation sites (N-methyl/N-ethyl adjacent to an activating group) is 1. The normalized spacial score (nSPS) is 12.3. The number of amides is 1. The lowest BCUT2D eigenvalue weighted by molar-refractivity contribution is -0.131. The Hall–Kier alpha value is -0.770. The highest BCUT2D eigenvalue weighted by Crippen LogP contribution is 2.23. The Kier molecular flexibility index (Phi) is 5.93. The third kappa shape index (κ3) is 4.16. The summed E-state index contributed by atoms with van der Waals surface area (Å²) in [5, 5.41) is 1.00. The smallest absolute Gasteiger partial charge is 0.239 e. The maximum absolute atomic E-state index is 11.9. The molecule has 100 valence electrons. The van der Waals surface area contributed by atoms with Gasteiger partial charge in [0.05, 0.1) is 16.1 Å². The topological polar surface area (TPSA) is 46.3 Å². The number of hydrogen-bond acceptors (Lipinski definition) is 2. The molecule has 0 heterocycles. The number of halogens is 2. The molecule has 0 saturated heterocycles. The van der Waals surface area contributed by atoms with E-state index in [-0.39, 0.29) is 5.91 Å². The van der Waals surface area contributed by atoms with Crippen LogP contribution >= 0.6 is 23.2 Å². The van der Waals surface area contributed by atoms with Gasteiger partial charge in [0, 0.05) is 13.6 Å². The van der Waals surface area contributed by atoms with E-state index in [2.05, 4.69) is 0 Å². The molecule has 2 N–H and O–H groups in total. The molecule has 0 fully saturated rings. The largest absolute Gasteiger partial charge is 0.340 e. The highest BCUT2D eigenvalue weighted by molar-refractivity contribution is 6.42. The third-order valence-electron chi connectivity index (χ3n) is 2.70. The molecular formula is C13H18Cl2N2O. The standard InChI is InChI=1S/C13H18Cl2N2O/c1-3-4-12(16)13(18)17(2)8-9-5-6-10(14)11(15)7-9/h5-7,12H,3-4,8,16H2,1-2H3/t12-/m0/s1. The first kappa shape index (κ1) is 15.3. The monoisotopic (exact) mass is 288 g/mol. The molecule has 1 aromatic rings. The van der Waals surface area contributed by atoms with Gasteiger partial charge in [-0.15, -0.1) is 0 Å². The van der Waals surface area contributed by atoms with Gasteiger partial charge in [-0.05, 0) is 24.1 Å². The van der Waals surface area contributed by atoms with Crippen molar-refractivity contribution in [2.75, 3.05) is 7.05 Å². The lowest BCUT2D eigenvalue weighted by Gasteiger charge is -2.21. The SMILES string of the molecule is CCC[C@H](N)C(=O)N(C)Cc1ccc(Cl)c(Cl)c1. The Bertz CT molecular complexity index is 423. The van der Waals surface area contributed by atoms with Gasteiger partial charge in [0.15, 0.2) is 0 Å². The Morgan fingerprint density at radius 2 is 2.06 bits per heavy atom. The van der Waals surface area contributed by atoms with E-state index in [1.54, 1.807) is 24.1 Å². The number of rotatable bonds is 5. The van der Waals surface area contributed by atoms with Crippen molar-refractivity contribution in [2.24, 2.45) is 5.73 Å². The number of carbonyl (C=O) groups excluding carboxylic acids is 1. The molecule has 0 radical (unpaired) electrons.